The van der Waals surface area contributed by atoms with Gasteiger partial charge in [0.15, 0.2) is 0 Å². The highest BCUT2D eigenvalue weighted by Gasteiger charge is 2.17. The van der Waals surface area contributed by atoms with Crippen LogP contribution < -0.4 is 0 Å². The minimum Gasteiger partial charge on any atom is -0.378 e. The molecule has 2 aromatic rings. The van der Waals surface area contributed by atoms with Crippen molar-refractivity contribution in [2.45, 2.75) is 38.3 Å². The summed E-state index contributed by atoms with van der Waals surface area (Å²) in [5.41, 5.74) is 1.68. The lowest BCUT2D eigenvalue weighted by Gasteiger charge is -2.12. The molecule has 2 heterocycles. The molecule has 0 radical (unpaired) electrons. The summed E-state index contributed by atoms with van der Waals surface area (Å²) in [6, 6.07) is 4.76. The van der Waals surface area contributed by atoms with Crippen molar-refractivity contribution in [1.82, 2.24) is 9.55 Å². The molecular formula is C15H18ClFN2O. The molecule has 1 aromatic heterocycles. The highest BCUT2D eigenvalue weighted by Crippen LogP contribution is 2.21. The third-order valence-electron chi connectivity index (χ3n) is 3.81. The van der Waals surface area contributed by atoms with Crippen molar-refractivity contribution in [3.63, 3.8) is 0 Å². The summed E-state index contributed by atoms with van der Waals surface area (Å²) < 4.78 is 21.1. The Hall–Kier alpha value is -1.13. The standard InChI is InChI=1S/C15H18ClFN2O/c16-7-5-15-18-13-10-11(17)3-4-14(13)19(15)8-6-12-2-1-9-20-12/h3-4,10,12H,1-2,5-9H2. The number of hydrogen-bond donors (Lipinski definition) is 0. The van der Waals surface area contributed by atoms with Crippen molar-refractivity contribution < 1.29 is 9.13 Å². The quantitative estimate of drug-likeness (QED) is 0.789. The van der Waals surface area contributed by atoms with Crippen LogP contribution in [-0.2, 0) is 17.7 Å². The van der Waals surface area contributed by atoms with Crippen LogP contribution in [-0.4, -0.2) is 28.1 Å². The predicted molar refractivity (Wildman–Crippen MR) is 77.7 cm³/mol. The van der Waals surface area contributed by atoms with Crippen molar-refractivity contribution in [2.75, 3.05) is 12.5 Å². The maximum atomic E-state index is 13.3. The first-order valence-electron chi connectivity index (χ1n) is 7.10. The highest BCUT2D eigenvalue weighted by atomic mass is 35.5. The zero-order valence-electron chi connectivity index (χ0n) is 11.3. The Labute approximate surface area is 122 Å². The zero-order chi connectivity index (χ0) is 13.9. The van der Waals surface area contributed by atoms with E-state index in [0.717, 1.165) is 43.8 Å². The number of rotatable bonds is 5. The van der Waals surface area contributed by atoms with Gasteiger partial charge in [0.2, 0.25) is 0 Å². The van der Waals surface area contributed by atoms with Crippen LogP contribution in [0.15, 0.2) is 18.2 Å². The Morgan fingerprint density at radius 3 is 3.10 bits per heavy atom. The van der Waals surface area contributed by atoms with Crippen LogP contribution in [0, 0.1) is 5.82 Å². The fourth-order valence-electron chi connectivity index (χ4n) is 2.82. The first-order valence-corrected chi connectivity index (χ1v) is 7.63. The van der Waals surface area contributed by atoms with E-state index in [9.17, 15) is 4.39 Å². The predicted octanol–water partition coefficient (Wildman–Crippen LogP) is 3.53. The second kappa shape index (κ2) is 6.10. The van der Waals surface area contributed by atoms with Gasteiger partial charge < -0.3 is 9.30 Å². The maximum Gasteiger partial charge on any atom is 0.125 e. The summed E-state index contributed by atoms with van der Waals surface area (Å²) in [5, 5.41) is 0. The SMILES string of the molecule is Fc1ccc2c(c1)nc(CCCl)n2CCC1CCCO1. The molecule has 0 aliphatic carbocycles. The minimum absolute atomic E-state index is 0.251. The molecule has 108 valence electrons. The molecule has 0 amide bonds. The molecule has 1 saturated heterocycles. The number of ether oxygens (including phenoxy) is 1. The van der Waals surface area contributed by atoms with Gasteiger partial charge in [-0.2, -0.15) is 0 Å². The molecule has 1 atom stereocenters. The summed E-state index contributed by atoms with van der Waals surface area (Å²) in [5.74, 6) is 1.20. The van der Waals surface area contributed by atoms with Crippen molar-refractivity contribution >= 4 is 22.6 Å². The fourth-order valence-corrected chi connectivity index (χ4v) is 2.99. The van der Waals surface area contributed by atoms with E-state index in [1.807, 2.05) is 0 Å². The summed E-state index contributed by atoms with van der Waals surface area (Å²) >= 11 is 5.84. The maximum absolute atomic E-state index is 13.3. The van der Waals surface area contributed by atoms with Crippen molar-refractivity contribution in [3.05, 3.63) is 29.8 Å². The number of aromatic nitrogens is 2. The average molecular weight is 297 g/mol. The van der Waals surface area contributed by atoms with Gasteiger partial charge in [-0.25, -0.2) is 9.37 Å². The number of fused-ring (bicyclic) bond motifs is 1. The van der Waals surface area contributed by atoms with Crippen LogP contribution in [0.3, 0.4) is 0 Å². The molecule has 1 aliphatic rings. The molecule has 3 nitrogen and oxygen atoms in total. The smallest absolute Gasteiger partial charge is 0.125 e. The minimum atomic E-state index is -0.251. The number of alkyl halides is 1. The van der Waals surface area contributed by atoms with E-state index in [1.54, 1.807) is 6.07 Å². The number of benzene rings is 1. The summed E-state index contributed by atoms with van der Waals surface area (Å²) in [7, 11) is 0. The largest absolute Gasteiger partial charge is 0.378 e. The molecule has 1 unspecified atom stereocenters. The molecule has 1 fully saturated rings. The molecular weight excluding hydrogens is 279 g/mol. The van der Waals surface area contributed by atoms with Crippen LogP contribution in [0.4, 0.5) is 4.39 Å². The van der Waals surface area contributed by atoms with Gasteiger partial charge in [0, 0.05) is 31.5 Å². The van der Waals surface area contributed by atoms with Gasteiger partial charge in [0.05, 0.1) is 17.1 Å². The molecule has 5 heteroatoms. The van der Waals surface area contributed by atoms with Gasteiger partial charge in [-0.05, 0) is 31.4 Å². The monoisotopic (exact) mass is 296 g/mol. The van der Waals surface area contributed by atoms with Gasteiger partial charge in [0.25, 0.3) is 0 Å². The summed E-state index contributed by atoms with van der Waals surface area (Å²) in [6.45, 7) is 1.72. The number of imidazole rings is 1. The molecule has 0 bridgehead atoms. The highest BCUT2D eigenvalue weighted by molar-refractivity contribution is 6.17. The third-order valence-corrected chi connectivity index (χ3v) is 4.00. The number of aryl methyl sites for hydroxylation is 2. The summed E-state index contributed by atoms with van der Waals surface area (Å²) in [6.07, 6.45) is 4.29. The molecule has 1 aliphatic heterocycles. The Balaban J connectivity index is 1.87. The van der Waals surface area contributed by atoms with E-state index in [0.29, 0.717) is 23.9 Å². The molecule has 0 spiro atoms. The molecule has 0 saturated carbocycles. The Kier molecular flexibility index (Phi) is 4.22. The van der Waals surface area contributed by atoms with E-state index in [4.69, 9.17) is 16.3 Å². The Morgan fingerprint density at radius 2 is 2.35 bits per heavy atom. The molecule has 0 N–H and O–H groups in total. The molecule has 20 heavy (non-hydrogen) atoms. The van der Waals surface area contributed by atoms with E-state index in [2.05, 4.69) is 9.55 Å². The van der Waals surface area contributed by atoms with Crippen LogP contribution in [0.25, 0.3) is 11.0 Å². The van der Waals surface area contributed by atoms with Crippen LogP contribution in [0.2, 0.25) is 0 Å². The van der Waals surface area contributed by atoms with E-state index >= 15 is 0 Å². The first kappa shape index (κ1) is 13.8. The first-order chi connectivity index (χ1) is 9.78. The van der Waals surface area contributed by atoms with Crippen molar-refractivity contribution in [3.8, 4) is 0 Å². The van der Waals surface area contributed by atoms with Gasteiger partial charge in [-0.3, -0.25) is 0 Å². The zero-order valence-corrected chi connectivity index (χ0v) is 12.1. The van der Waals surface area contributed by atoms with Gasteiger partial charge in [0.1, 0.15) is 11.6 Å². The Morgan fingerprint density at radius 1 is 1.45 bits per heavy atom. The second-order valence-corrected chi connectivity index (χ2v) is 5.55. The lowest BCUT2D eigenvalue weighted by Crippen LogP contribution is -2.12. The fraction of sp³-hybridized carbons (Fsp3) is 0.533. The van der Waals surface area contributed by atoms with Gasteiger partial charge in [-0.1, -0.05) is 0 Å². The van der Waals surface area contributed by atoms with Crippen LogP contribution in [0.1, 0.15) is 25.1 Å². The molecule has 1 aromatic carbocycles. The Bertz CT molecular complexity index is 593. The summed E-state index contributed by atoms with van der Waals surface area (Å²) in [4.78, 5) is 4.51. The second-order valence-electron chi connectivity index (χ2n) is 5.18. The van der Waals surface area contributed by atoms with Gasteiger partial charge >= 0.3 is 0 Å². The van der Waals surface area contributed by atoms with E-state index in [-0.39, 0.29) is 5.82 Å². The van der Waals surface area contributed by atoms with Crippen molar-refractivity contribution in [1.29, 1.82) is 0 Å². The topological polar surface area (TPSA) is 27.1 Å². The lowest BCUT2D eigenvalue weighted by molar-refractivity contribution is 0.100. The number of halogens is 2. The van der Waals surface area contributed by atoms with Crippen LogP contribution >= 0.6 is 11.6 Å². The molecule has 3 rings (SSSR count). The average Bonchev–Trinajstić information content (AvgIpc) is 3.04. The third kappa shape index (κ3) is 2.81. The lowest BCUT2D eigenvalue weighted by atomic mass is 10.2. The van der Waals surface area contributed by atoms with Gasteiger partial charge in [-0.15, -0.1) is 11.6 Å². The number of nitrogens with zero attached hydrogens (tertiary/aromatic N) is 2. The van der Waals surface area contributed by atoms with Crippen molar-refractivity contribution in [2.24, 2.45) is 0 Å². The van der Waals surface area contributed by atoms with E-state index in [1.165, 1.54) is 12.1 Å². The number of hydrogen-bond acceptors (Lipinski definition) is 2. The van der Waals surface area contributed by atoms with E-state index < -0.39 is 0 Å². The van der Waals surface area contributed by atoms with Crippen LogP contribution in [0.5, 0.6) is 0 Å². The normalized spacial score (nSPS) is 19.0.